The van der Waals surface area contributed by atoms with Crippen LogP contribution < -0.4 is 20.1 Å². The molecule has 1 atom stereocenters. The van der Waals surface area contributed by atoms with Gasteiger partial charge in [-0.3, -0.25) is 9.59 Å². The number of benzene rings is 2. The number of carbonyl (C=O) groups is 2. The van der Waals surface area contributed by atoms with Crippen LogP contribution in [0.15, 0.2) is 35.2 Å². The van der Waals surface area contributed by atoms with Crippen molar-refractivity contribution in [2.24, 2.45) is 0 Å². The van der Waals surface area contributed by atoms with Crippen LogP contribution in [-0.4, -0.2) is 51.3 Å². The molecular formula is C21H25N3O6S. The molecule has 166 valence electrons. The Bertz CT molecular complexity index is 1150. The number of amides is 2. The lowest BCUT2D eigenvalue weighted by molar-refractivity contribution is -0.122. The van der Waals surface area contributed by atoms with E-state index in [4.69, 9.17) is 9.47 Å². The lowest BCUT2D eigenvalue weighted by Crippen LogP contribution is -2.36. The summed E-state index contributed by atoms with van der Waals surface area (Å²) in [5, 5.41) is 5.37. The van der Waals surface area contributed by atoms with Gasteiger partial charge < -0.3 is 20.1 Å². The average Bonchev–Trinajstić information content (AvgIpc) is 2.68. The molecule has 0 aromatic heterocycles. The third-order valence-electron chi connectivity index (χ3n) is 4.89. The zero-order chi connectivity index (χ0) is 22.9. The number of methoxy groups -OCH3 is 1. The summed E-state index contributed by atoms with van der Waals surface area (Å²) >= 11 is 0. The first kappa shape index (κ1) is 22.6. The lowest BCUT2D eigenvalue weighted by atomic mass is 10.1. The summed E-state index contributed by atoms with van der Waals surface area (Å²) in [5.41, 5.74) is 2.21. The largest absolute Gasteiger partial charge is 0.495 e. The molecule has 1 aliphatic heterocycles. The molecule has 2 N–H and O–H groups in total. The Balaban J connectivity index is 1.81. The van der Waals surface area contributed by atoms with Crippen LogP contribution in [0.4, 0.5) is 11.4 Å². The molecule has 9 nitrogen and oxygen atoms in total. The molecule has 2 amide bonds. The summed E-state index contributed by atoms with van der Waals surface area (Å²) in [6.07, 6.45) is -0.737. The number of hydrogen-bond acceptors (Lipinski definition) is 6. The van der Waals surface area contributed by atoms with Crippen molar-refractivity contribution in [2.75, 3.05) is 31.3 Å². The second-order valence-electron chi connectivity index (χ2n) is 7.38. The van der Waals surface area contributed by atoms with Crippen LogP contribution in [0.1, 0.15) is 18.1 Å². The molecule has 31 heavy (non-hydrogen) atoms. The Morgan fingerprint density at radius 2 is 1.97 bits per heavy atom. The topological polar surface area (TPSA) is 114 Å². The number of rotatable bonds is 6. The van der Waals surface area contributed by atoms with Crippen LogP contribution >= 0.6 is 0 Å². The number of ether oxygens (including phenoxy) is 2. The number of nitrogens with zero attached hydrogens (tertiary/aromatic N) is 1. The van der Waals surface area contributed by atoms with Gasteiger partial charge >= 0.3 is 0 Å². The summed E-state index contributed by atoms with van der Waals surface area (Å²) in [6, 6.07) is 8.22. The maximum absolute atomic E-state index is 13.1. The zero-order valence-corrected chi connectivity index (χ0v) is 18.8. The highest BCUT2D eigenvalue weighted by atomic mass is 32.2. The molecule has 0 spiro atoms. The van der Waals surface area contributed by atoms with Gasteiger partial charge in [0.1, 0.15) is 11.5 Å². The molecule has 0 unspecified atom stereocenters. The Hall–Kier alpha value is -3.11. The summed E-state index contributed by atoms with van der Waals surface area (Å²) in [7, 11) is -1.18. The van der Waals surface area contributed by atoms with Crippen molar-refractivity contribution in [1.29, 1.82) is 0 Å². The summed E-state index contributed by atoms with van der Waals surface area (Å²) in [4.78, 5) is 24.3. The van der Waals surface area contributed by atoms with Crippen LogP contribution in [0, 0.1) is 13.8 Å². The van der Waals surface area contributed by atoms with Crippen molar-refractivity contribution < 1.29 is 27.5 Å². The standard InChI is InChI=1S/C21H25N3O6S/c1-12-6-7-17(29-5)15(8-12)22-20(25)11-24(4)31(27,28)19-10-18-16(9-13(19)2)23-21(26)14(3)30-18/h6-10,14H,11H2,1-5H3,(H,22,25)(H,23,26)/t14-/m0/s1. The molecule has 0 saturated heterocycles. The normalized spacial score (nSPS) is 15.7. The summed E-state index contributed by atoms with van der Waals surface area (Å²) in [5.74, 6) is -0.0764. The van der Waals surface area contributed by atoms with Gasteiger partial charge in [0, 0.05) is 13.1 Å². The molecule has 0 fully saturated rings. The quantitative estimate of drug-likeness (QED) is 0.702. The van der Waals surface area contributed by atoms with Gasteiger partial charge in [-0.2, -0.15) is 4.31 Å². The Morgan fingerprint density at radius 3 is 2.65 bits per heavy atom. The van der Waals surface area contributed by atoms with Gasteiger partial charge in [0.2, 0.25) is 15.9 Å². The Labute approximate surface area is 181 Å². The van der Waals surface area contributed by atoms with E-state index in [-0.39, 0.29) is 16.6 Å². The summed E-state index contributed by atoms with van der Waals surface area (Å²) < 4.78 is 38.0. The smallest absolute Gasteiger partial charge is 0.265 e. The van der Waals surface area contributed by atoms with Gasteiger partial charge in [-0.25, -0.2) is 8.42 Å². The third-order valence-corrected chi connectivity index (χ3v) is 6.84. The van der Waals surface area contributed by atoms with Gasteiger partial charge in [0.15, 0.2) is 6.10 Å². The van der Waals surface area contributed by atoms with E-state index in [1.807, 2.05) is 13.0 Å². The highest BCUT2D eigenvalue weighted by Crippen LogP contribution is 2.35. The predicted molar refractivity (Wildman–Crippen MR) is 116 cm³/mol. The van der Waals surface area contributed by atoms with E-state index in [0.717, 1.165) is 9.87 Å². The highest BCUT2D eigenvalue weighted by molar-refractivity contribution is 7.89. The number of sulfonamides is 1. The van der Waals surface area contributed by atoms with Gasteiger partial charge in [-0.15, -0.1) is 0 Å². The number of anilines is 2. The van der Waals surface area contributed by atoms with Gasteiger partial charge in [0.05, 0.1) is 29.9 Å². The molecule has 3 rings (SSSR count). The molecule has 0 aliphatic carbocycles. The van der Waals surface area contributed by atoms with Crippen molar-refractivity contribution in [2.45, 2.75) is 31.8 Å². The molecule has 2 aromatic rings. The molecule has 0 bridgehead atoms. The van der Waals surface area contributed by atoms with Crippen molar-refractivity contribution in [3.8, 4) is 11.5 Å². The minimum atomic E-state index is -4.00. The predicted octanol–water partition coefficient (Wildman–Crippen LogP) is 2.29. The van der Waals surface area contributed by atoms with Gasteiger partial charge in [-0.1, -0.05) is 6.07 Å². The van der Waals surface area contributed by atoms with Crippen molar-refractivity contribution in [3.63, 3.8) is 0 Å². The second kappa shape index (κ2) is 8.56. The Morgan fingerprint density at radius 1 is 1.26 bits per heavy atom. The fourth-order valence-corrected chi connectivity index (χ4v) is 4.53. The first-order valence-electron chi connectivity index (χ1n) is 9.56. The number of likely N-dealkylation sites (N-methyl/N-ethyl adjacent to an activating group) is 1. The van der Waals surface area contributed by atoms with E-state index >= 15 is 0 Å². The number of nitrogens with one attached hydrogen (secondary N) is 2. The molecule has 0 radical (unpaired) electrons. The van der Waals surface area contributed by atoms with Gasteiger partial charge in [-0.05, 0) is 50.1 Å². The number of fused-ring (bicyclic) bond motifs is 1. The first-order chi connectivity index (χ1) is 14.5. The zero-order valence-electron chi connectivity index (χ0n) is 18.0. The van der Waals surface area contributed by atoms with E-state index in [1.54, 1.807) is 26.0 Å². The van der Waals surface area contributed by atoms with Crippen molar-refractivity contribution >= 4 is 33.2 Å². The lowest BCUT2D eigenvalue weighted by Gasteiger charge is -2.25. The minimum absolute atomic E-state index is 0.00182. The number of carbonyl (C=O) groups excluding carboxylic acids is 2. The van der Waals surface area contributed by atoms with Crippen LogP contribution in [0.25, 0.3) is 0 Å². The van der Waals surface area contributed by atoms with Crippen LogP contribution in [0.2, 0.25) is 0 Å². The van der Waals surface area contributed by atoms with E-state index < -0.39 is 28.6 Å². The average molecular weight is 448 g/mol. The number of hydrogen-bond donors (Lipinski definition) is 2. The fourth-order valence-electron chi connectivity index (χ4n) is 3.19. The molecule has 2 aromatic carbocycles. The summed E-state index contributed by atoms with van der Waals surface area (Å²) in [6.45, 7) is 4.66. The highest BCUT2D eigenvalue weighted by Gasteiger charge is 2.30. The van der Waals surface area contributed by atoms with E-state index in [9.17, 15) is 18.0 Å². The Kier molecular flexibility index (Phi) is 6.23. The second-order valence-corrected chi connectivity index (χ2v) is 9.39. The van der Waals surface area contributed by atoms with Crippen molar-refractivity contribution in [1.82, 2.24) is 4.31 Å². The minimum Gasteiger partial charge on any atom is -0.495 e. The van der Waals surface area contributed by atoms with E-state index in [2.05, 4.69) is 10.6 Å². The number of aryl methyl sites for hydroxylation is 2. The van der Waals surface area contributed by atoms with Crippen LogP contribution in [-0.2, 0) is 19.6 Å². The maximum atomic E-state index is 13.1. The third kappa shape index (κ3) is 4.64. The van der Waals surface area contributed by atoms with Crippen LogP contribution in [0.3, 0.4) is 0 Å². The SMILES string of the molecule is COc1ccc(C)cc1NC(=O)CN(C)S(=O)(=O)c1cc2c(cc1C)NC(=O)[C@H](C)O2. The molecule has 10 heteroatoms. The monoisotopic (exact) mass is 447 g/mol. The van der Waals surface area contributed by atoms with Gasteiger partial charge in [0.25, 0.3) is 5.91 Å². The molecule has 1 heterocycles. The molecule has 0 saturated carbocycles. The first-order valence-corrected chi connectivity index (χ1v) is 11.0. The molecule has 1 aliphatic rings. The maximum Gasteiger partial charge on any atom is 0.265 e. The van der Waals surface area contributed by atoms with Crippen LogP contribution in [0.5, 0.6) is 11.5 Å². The molecular weight excluding hydrogens is 422 g/mol. The van der Waals surface area contributed by atoms with E-state index in [0.29, 0.717) is 22.7 Å². The van der Waals surface area contributed by atoms with E-state index in [1.165, 1.54) is 26.3 Å². The van der Waals surface area contributed by atoms with Crippen molar-refractivity contribution in [3.05, 3.63) is 41.5 Å². The fraction of sp³-hybridized carbons (Fsp3) is 0.333.